The Hall–Kier alpha value is 0.705. The fraction of sp³-hybridized carbons (Fsp3) is 0. The summed E-state index contributed by atoms with van der Waals surface area (Å²) in [5.41, 5.74) is 0. The minimum atomic E-state index is -5.17. The Labute approximate surface area is 144 Å². The van der Waals surface area contributed by atoms with Crippen LogP contribution in [0.1, 0.15) is 0 Å². The molecule has 17 nitrogen and oxygen atoms in total. The van der Waals surface area contributed by atoms with Crippen LogP contribution in [0.5, 0.6) is 0 Å². The van der Waals surface area contributed by atoms with Gasteiger partial charge in [0.05, 0.1) is 0 Å². The standard InChI is InChI=1S/2H2O4S.9H2O.Th/c2*1-5(2,3)4;;;;;;;;;;/h2*(H2,1,2,3,4);9*1H2;/q;;;;;;;;;;;+4/p-4. The SMILES string of the molecule is O.O.O.O.O.O.O.O.O.O=S(=O)([O-])[O-].O=S(=O)([O-])[O-].[Th+4]. The third kappa shape index (κ3) is 11800. The first-order valence-corrected chi connectivity index (χ1v) is 4.00. The summed E-state index contributed by atoms with van der Waals surface area (Å²) in [4.78, 5) is 0. The molecule has 0 rings (SSSR count). The van der Waals surface area contributed by atoms with Crippen LogP contribution in [0.2, 0.25) is 0 Å². The van der Waals surface area contributed by atoms with Crippen molar-refractivity contribution in [3.05, 3.63) is 0 Å². The van der Waals surface area contributed by atoms with E-state index in [2.05, 4.69) is 0 Å². The summed E-state index contributed by atoms with van der Waals surface area (Å²) in [6.07, 6.45) is 0. The molecule has 0 saturated heterocycles. The molecule has 0 fully saturated rings. The van der Waals surface area contributed by atoms with Gasteiger partial charge in [-0.2, -0.15) is 0 Å². The van der Waals surface area contributed by atoms with Gasteiger partial charge in [-0.05, 0) is 0 Å². The van der Waals surface area contributed by atoms with Gasteiger partial charge in [-0.15, -0.1) is 0 Å². The molecule has 0 aliphatic carbocycles. The molecule has 0 saturated carbocycles. The van der Waals surface area contributed by atoms with E-state index in [9.17, 15) is 0 Å². The van der Waals surface area contributed by atoms with Gasteiger partial charge in [0.2, 0.25) is 0 Å². The van der Waals surface area contributed by atoms with Gasteiger partial charge >= 0.3 is 39.9 Å². The molecular weight excluding hydrogens is 568 g/mol. The van der Waals surface area contributed by atoms with E-state index >= 15 is 0 Å². The van der Waals surface area contributed by atoms with Crippen LogP contribution in [0.25, 0.3) is 0 Å². The van der Waals surface area contributed by atoms with E-state index in [1.54, 1.807) is 0 Å². The normalized spacial score (nSPS) is 5.80. The van der Waals surface area contributed by atoms with E-state index in [4.69, 9.17) is 35.0 Å². The van der Waals surface area contributed by atoms with Crippen molar-refractivity contribution in [2.75, 3.05) is 0 Å². The van der Waals surface area contributed by atoms with Crippen LogP contribution in [-0.2, 0) is 20.8 Å². The zero-order chi connectivity index (χ0) is 9.00. The molecule has 0 aromatic heterocycles. The summed E-state index contributed by atoms with van der Waals surface area (Å²) in [5, 5.41) is 0. The third-order valence-electron chi connectivity index (χ3n) is 0. The van der Waals surface area contributed by atoms with Gasteiger partial charge in [0, 0.05) is 20.8 Å². The molecular formula is H18O17S2Th. The molecule has 18 N–H and O–H groups in total. The fourth-order valence-corrected chi connectivity index (χ4v) is 0. The summed E-state index contributed by atoms with van der Waals surface area (Å²) >= 11 is 0. The second-order valence-electron chi connectivity index (χ2n) is 0.816. The van der Waals surface area contributed by atoms with Gasteiger partial charge in [0.15, 0.2) is 0 Å². The molecule has 0 bridgehead atoms. The van der Waals surface area contributed by atoms with E-state index < -0.39 is 20.8 Å². The van der Waals surface area contributed by atoms with E-state index in [-0.39, 0.29) is 89.2 Å². The van der Waals surface area contributed by atoms with Gasteiger partial charge in [-0.1, -0.05) is 0 Å². The van der Waals surface area contributed by atoms with Crippen LogP contribution < -0.4 is 0 Å². The maximum absolute atomic E-state index is 8.52. The summed E-state index contributed by atoms with van der Waals surface area (Å²) < 4.78 is 68.2. The monoisotopic (exact) mass is 586 g/mol. The van der Waals surface area contributed by atoms with Gasteiger partial charge in [-0.25, -0.2) is 0 Å². The van der Waals surface area contributed by atoms with E-state index in [0.717, 1.165) is 0 Å². The predicted octanol–water partition coefficient (Wildman–Crippen LogP) is -10.1. The zero-order valence-electron chi connectivity index (χ0n) is 9.08. The molecule has 20 heavy (non-hydrogen) atoms. The van der Waals surface area contributed by atoms with Crippen molar-refractivity contribution in [2.45, 2.75) is 0 Å². The van der Waals surface area contributed by atoms with E-state index in [1.807, 2.05) is 0 Å². The first kappa shape index (κ1) is 106. The number of hydrogen-bond acceptors (Lipinski definition) is 8. The van der Waals surface area contributed by atoms with Crippen molar-refractivity contribution in [3.63, 3.8) is 0 Å². The van der Waals surface area contributed by atoms with Crippen molar-refractivity contribution >= 4 is 20.8 Å². The van der Waals surface area contributed by atoms with Crippen molar-refractivity contribution < 1.29 is 124 Å². The molecule has 136 valence electrons. The third-order valence-corrected chi connectivity index (χ3v) is 0. The summed E-state index contributed by atoms with van der Waals surface area (Å²) in [5.74, 6) is 0. The van der Waals surface area contributed by atoms with Crippen LogP contribution in [0, 0.1) is 39.9 Å². The zero-order valence-corrected chi connectivity index (χ0v) is 14.8. The molecule has 0 unspecified atom stereocenters. The van der Waals surface area contributed by atoms with Crippen molar-refractivity contribution in [2.24, 2.45) is 0 Å². The Balaban J connectivity index is -0.00000000427. The van der Waals surface area contributed by atoms with Crippen LogP contribution in [0.4, 0.5) is 0 Å². The Morgan fingerprint density at radius 2 is 0.400 bits per heavy atom. The average Bonchev–Trinajstić information content (AvgIpc) is 1.12. The van der Waals surface area contributed by atoms with E-state index in [0.29, 0.717) is 0 Å². The Morgan fingerprint density at radius 3 is 0.400 bits per heavy atom. The minimum Gasteiger partial charge on any atom is -0.759 e. The van der Waals surface area contributed by atoms with Gasteiger partial charge in [0.25, 0.3) is 0 Å². The summed E-state index contributed by atoms with van der Waals surface area (Å²) in [7, 11) is -10.3. The fourth-order valence-electron chi connectivity index (χ4n) is 0. The first-order chi connectivity index (χ1) is 4.00. The maximum Gasteiger partial charge on any atom is 4.00 e. The number of rotatable bonds is 0. The predicted molar refractivity (Wildman–Crippen MR) is 53.5 cm³/mol. The van der Waals surface area contributed by atoms with Gasteiger partial charge in [-0.3, -0.25) is 16.8 Å². The molecule has 0 radical (unpaired) electrons. The van der Waals surface area contributed by atoms with Crippen LogP contribution in [-0.4, -0.2) is 84.3 Å². The minimum absolute atomic E-state index is 0. The van der Waals surface area contributed by atoms with Crippen LogP contribution >= 0.6 is 0 Å². The molecule has 0 spiro atoms. The molecule has 0 aromatic rings. The summed E-state index contributed by atoms with van der Waals surface area (Å²) in [6, 6.07) is 0. The average molecular weight is 586 g/mol. The molecule has 20 heteroatoms. The van der Waals surface area contributed by atoms with Gasteiger partial charge < -0.3 is 67.5 Å². The quantitative estimate of drug-likeness (QED) is 0.193. The van der Waals surface area contributed by atoms with Crippen molar-refractivity contribution in [1.29, 1.82) is 0 Å². The van der Waals surface area contributed by atoms with E-state index in [1.165, 1.54) is 0 Å². The first-order valence-electron chi connectivity index (χ1n) is 1.33. The Bertz CT molecular complexity index is 211. The second-order valence-corrected chi connectivity index (χ2v) is 2.45. The second kappa shape index (κ2) is 42.7. The van der Waals surface area contributed by atoms with Crippen molar-refractivity contribution in [3.8, 4) is 0 Å². The van der Waals surface area contributed by atoms with Crippen LogP contribution in [0.15, 0.2) is 0 Å². The number of hydrogen-bond donors (Lipinski definition) is 0. The summed E-state index contributed by atoms with van der Waals surface area (Å²) in [6.45, 7) is 0. The molecule has 0 aromatic carbocycles. The largest absolute Gasteiger partial charge is 4.00 e. The molecule has 0 amide bonds. The Kier molecular flexibility index (Phi) is 227. The van der Waals surface area contributed by atoms with Gasteiger partial charge in [0.1, 0.15) is 0 Å². The molecule has 0 aliphatic rings. The Morgan fingerprint density at radius 1 is 0.400 bits per heavy atom. The molecule has 0 aliphatic heterocycles. The van der Waals surface area contributed by atoms with Crippen LogP contribution in [0.3, 0.4) is 0 Å². The molecule has 0 heterocycles. The van der Waals surface area contributed by atoms with Crippen molar-refractivity contribution in [1.82, 2.24) is 0 Å². The smallest absolute Gasteiger partial charge is 0.759 e. The maximum atomic E-state index is 8.52. The topological polar surface area (TPSA) is 444 Å². The molecule has 0 atom stereocenters.